The van der Waals surface area contributed by atoms with Crippen molar-refractivity contribution in [1.29, 1.82) is 0 Å². The van der Waals surface area contributed by atoms with Crippen molar-refractivity contribution < 1.29 is 13.2 Å². The molecule has 1 aromatic carbocycles. The Hall–Kier alpha value is -3.16. The van der Waals surface area contributed by atoms with Gasteiger partial charge < -0.3 is 10.6 Å². The van der Waals surface area contributed by atoms with Crippen LogP contribution in [0.4, 0.5) is 30.6 Å². The Labute approximate surface area is 148 Å². The molecule has 2 heterocycles. The molecule has 2 aromatic heterocycles. The zero-order valence-corrected chi connectivity index (χ0v) is 14.1. The fourth-order valence-corrected chi connectivity index (χ4v) is 2.48. The predicted octanol–water partition coefficient (Wildman–Crippen LogP) is 4.65. The van der Waals surface area contributed by atoms with Gasteiger partial charge in [-0.05, 0) is 36.8 Å². The SMILES string of the molecule is CNc1nc(Nc2cccc(C(F)(F)F)c2C)cc(-c2ccccn2)n1. The molecule has 0 aliphatic rings. The largest absolute Gasteiger partial charge is 0.416 e. The number of nitrogens with one attached hydrogen (secondary N) is 2. The third-order valence-electron chi connectivity index (χ3n) is 3.78. The predicted molar refractivity (Wildman–Crippen MR) is 94.3 cm³/mol. The summed E-state index contributed by atoms with van der Waals surface area (Å²) in [6.07, 6.45) is -2.77. The highest BCUT2D eigenvalue weighted by molar-refractivity contribution is 5.67. The quantitative estimate of drug-likeness (QED) is 0.710. The van der Waals surface area contributed by atoms with Crippen LogP contribution in [-0.2, 0) is 6.18 Å². The van der Waals surface area contributed by atoms with Gasteiger partial charge in [-0.3, -0.25) is 4.98 Å². The van der Waals surface area contributed by atoms with E-state index in [9.17, 15) is 13.2 Å². The van der Waals surface area contributed by atoms with Crippen LogP contribution in [0.1, 0.15) is 11.1 Å². The third kappa shape index (κ3) is 3.74. The van der Waals surface area contributed by atoms with Gasteiger partial charge in [0, 0.05) is 25.0 Å². The van der Waals surface area contributed by atoms with Gasteiger partial charge in [0.2, 0.25) is 5.95 Å². The van der Waals surface area contributed by atoms with Crippen molar-refractivity contribution in [2.75, 3.05) is 17.7 Å². The Balaban J connectivity index is 2.01. The molecule has 0 saturated heterocycles. The highest BCUT2D eigenvalue weighted by Crippen LogP contribution is 2.35. The first-order valence-electron chi connectivity index (χ1n) is 7.80. The maximum absolute atomic E-state index is 13.1. The van der Waals surface area contributed by atoms with Crippen LogP contribution < -0.4 is 10.6 Å². The van der Waals surface area contributed by atoms with Crippen LogP contribution in [0.5, 0.6) is 0 Å². The maximum atomic E-state index is 13.1. The summed E-state index contributed by atoms with van der Waals surface area (Å²) in [6, 6.07) is 11.0. The average Bonchev–Trinajstić information content (AvgIpc) is 2.63. The molecule has 0 saturated carbocycles. The van der Waals surface area contributed by atoms with Gasteiger partial charge in [0.05, 0.1) is 17.0 Å². The molecule has 3 rings (SSSR count). The van der Waals surface area contributed by atoms with Gasteiger partial charge in [0.15, 0.2) is 0 Å². The Morgan fingerprint density at radius 2 is 1.77 bits per heavy atom. The van der Waals surface area contributed by atoms with Crippen LogP contribution in [-0.4, -0.2) is 22.0 Å². The van der Waals surface area contributed by atoms with Crippen molar-refractivity contribution >= 4 is 17.5 Å². The molecule has 5 nitrogen and oxygen atoms in total. The molecule has 3 aromatic rings. The topological polar surface area (TPSA) is 62.7 Å². The summed E-state index contributed by atoms with van der Waals surface area (Å²) >= 11 is 0. The molecule has 0 atom stereocenters. The Morgan fingerprint density at radius 3 is 2.42 bits per heavy atom. The van der Waals surface area contributed by atoms with E-state index in [0.29, 0.717) is 28.8 Å². The molecule has 134 valence electrons. The number of hydrogen-bond donors (Lipinski definition) is 2. The Bertz CT molecular complexity index is 910. The zero-order valence-electron chi connectivity index (χ0n) is 14.1. The second-order valence-electron chi connectivity index (χ2n) is 5.53. The maximum Gasteiger partial charge on any atom is 0.416 e. The molecule has 26 heavy (non-hydrogen) atoms. The molecule has 0 aliphatic heterocycles. The second-order valence-corrected chi connectivity index (χ2v) is 5.53. The number of alkyl halides is 3. The first kappa shape index (κ1) is 17.7. The van der Waals surface area contributed by atoms with Crippen molar-refractivity contribution in [2.45, 2.75) is 13.1 Å². The number of pyridine rings is 1. The Morgan fingerprint density at radius 1 is 0.962 bits per heavy atom. The van der Waals surface area contributed by atoms with E-state index < -0.39 is 11.7 Å². The molecule has 0 unspecified atom stereocenters. The number of hydrogen-bond acceptors (Lipinski definition) is 5. The number of benzene rings is 1. The van der Waals surface area contributed by atoms with Crippen LogP contribution in [0.15, 0.2) is 48.7 Å². The molecular formula is C18H16F3N5. The van der Waals surface area contributed by atoms with Crippen molar-refractivity contribution in [3.63, 3.8) is 0 Å². The summed E-state index contributed by atoms with van der Waals surface area (Å²) in [5.74, 6) is 0.702. The van der Waals surface area contributed by atoms with Crippen LogP contribution >= 0.6 is 0 Å². The molecule has 2 N–H and O–H groups in total. The number of nitrogens with zero attached hydrogens (tertiary/aromatic N) is 3. The summed E-state index contributed by atoms with van der Waals surface area (Å²) in [6.45, 7) is 1.42. The van der Waals surface area contributed by atoms with E-state index in [1.165, 1.54) is 13.0 Å². The lowest BCUT2D eigenvalue weighted by Crippen LogP contribution is -2.09. The highest BCUT2D eigenvalue weighted by atomic mass is 19.4. The fraction of sp³-hybridized carbons (Fsp3) is 0.167. The van der Waals surface area contributed by atoms with Crippen LogP contribution in [0, 0.1) is 6.92 Å². The van der Waals surface area contributed by atoms with Gasteiger partial charge in [0.25, 0.3) is 0 Å². The minimum Gasteiger partial charge on any atom is -0.357 e. The van der Waals surface area contributed by atoms with Gasteiger partial charge in [-0.2, -0.15) is 18.2 Å². The highest BCUT2D eigenvalue weighted by Gasteiger charge is 2.32. The number of aromatic nitrogens is 3. The lowest BCUT2D eigenvalue weighted by Gasteiger charge is -2.15. The minimum atomic E-state index is -4.41. The average molecular weight is 359 g/mol. The molecule has 0 fully saturated rings. The van der Waals surface area contributed by atoms with E-state index >= 15 is 0 Å². The first-order valence-corrected chi connectivity index (χ1v) is 7.80. The number of anilines is 3. The van der Waals surface area contributed by atoms with Gasteiger partial charge in [0.1, 0.15) is 5.82 Å². The van der Waals surface area contributed by atoms with E-state index in [4.69, 9.17) is 0 Å². The molecule has 0 spiro atoms. The first-order chi connectivity index (χ1) is 12.4. The molecule has 0 radical (unpaired) electrons. The third-order valence-corrected chi connectivity index (χ3v) is 3.78. The standard InChI is InChI=1S/C18H16F3N5/c1-11-12(18(19,20)21)6-5-8-13(11)24-16-10-15(25-17(22-2)26-16)14-7-3-4-9-23-14/h3-10H,1-2H3,(H2,22,24,25,26). The Kier molecular flexibility index (Phi) is 4.75. The van der Waals surface area contributed by atoms with Crippen molar-refractivity contribution in [3.8, 4) is 11.4 Å². The molecular weight excluding hydrogens is 343 g/mol. The van der Waals surface area contributed by atoms with Gasteiger partial charge in [-0.1, -0.05) is 12.1 Å². The number of halogens is 3. The van der Waals surface area contributed by atoms with Gasteiger partial charge in [-0.25, -0.2) is 4.98 Å². The lowest BCUT2D eigenvalue weighted by atomic mass is 10.1. The van der Waals surface area contributed by atoms with Crippen molar-refractivity contribution in [3.05, 3.63) is 59.8 Å². The van der Waals surface area contributed by atoms with E-state index in [0.717, 1.165) is 6.07 Å². The van der Waals surface area contributed by atoms with E-state index in [1.54, 1.807) is 37.5 Å². The molecule has 8 heteroatoms. The van der Waals surface area contributed by atoms with Gasteiger partial charge >= 0.3 is 6.18 Å². The normalized spacial score (nSPS) is 11.3. The molecule has 0 aliphatic carbocycles. The van der Waals surface area contributed by atoms with Crippen molar-refractivity contribution in [2.24, 2.45) is 0 Å². The van der Waals surface area contributed by atoms with E-state index in [-0.39, 0.29) is 5.56 Å². The van der Waals surface area contributed by atoms with E-state index in [2.05, 4.69) is 25.6 Å². The van der Waals surface area contributed by atoms with Crippen LogP contribution in [0.2, 0.25) is 0 Å². The molecule has 0 amide bonds. The van der Waals surface area contributed by atoms with E-state index in [1.807, 2.05) is 6.07 Å². The lowest BCUT2D eigenvalue weighted by molar-refractivity contribution is -0.138. The summed E-state index contributed by atoms with van der Waals surface area (Å²) in [7, 11) is 1.66. The van der Waals surface area contributed by atoms with Crippen molar-refractivity contribution in [1.82, 2.24) is 15.0 Å². The fourth-order valence-electron chi connectivity index (χ4n) is 2.48. The van der Waals surface area contributed by atoms with Crippen LogP contribution in [0.25, 0.3) is 11.4 Å². The van der Waals surface area contributed by atoms with Gasteiger partial charge in [-0.15, -0.1) is 0 Å². The summed E-state index contributed by atoms with van der Waals surface area (Å²) < 4.78 is 39.3. The summed E-state index contributed by atoms with van der Waals surface area (Å²) in [5.41, 5.74) is 0.930. The summed E-state index contributed by atoms with van der Waals surface area (Å²) in [5, 5.41) is 5.79. The summed E-state index contributed by atoms with van der Waals surface area (Å²) in [4.78, 5) is 12.8. The monoisotopic (exact) mass is 359 g/mol. The smallest absolute Gasteiger partial charge is 0.357 e. The van der Waals surface area contributed by atoms with Crippen LogP contribution in [0.3, 0.4) is 0 Å². The zero-order chi connectivity index (χ0) is 18.7. The number of rotatable bonds is 4. The second kappa shape index (κ2) is 6.99. The minimum absolute atomic E-state index is 0.101. The molecule has 0 bridgehead atoms.